The molecule has 0 aliphatic carbocycles. The SMILES string of the molecule is CCc1nn(C)cc1NC(=O)c1ccoc1Br. The zero-order chi connectivity index (χ0) is 12.4. The Hall–Kier alpha value is -1.56. The molecule has 0 aliphatic heterocycles. The quantitative estimate of drug-likeness (QED) is 0.947. The number of rotatable bonds is 3. The van der Waals surface area contributed by atoms with Crippen molar-refractivity contribution in [2.75, 3.05) is 5.32 Å². The molecule has 2 heterocycles. The van der Waals surface area contributed by atoms with Crippen molar-refractivity contribution in [3.63, 3.8) is 0 Å². The molecule has 0 aliphatic rings. The van der Waals surface area contributed by atoms with Crippen LogP contribution in [0, 0.1) is 0 Å². The molecule has 1 amide bonds. The van der Waals surface area contributed by atoms with Gasteiger partial charge in [0.05, 0.1) is 23.2 Å². The van der Waals surface area contributed by atoms with Gasteiger partial charge in [0.2, 0.25) is 0 Å². The lowest BCUT2D eigenvalue weighted by atomic mass is 10.2. The van der Waals surface area contributed by atoms with Gasteiger partial charge in [-0.3, -0.25) is 9.48 Å². The average Bonchev–Trinajstić information content (AvgIpc) is 2.84. The molecule has 0 spiro atoms. The van der Waals surface area contributed by atoms with E-state index in [-0.39, 0.29) is 5.91 Å². The first-order valence-electron chi connectivity index (χ1n) is 5.18. The maximum absolute atomic E-state index is 11.9. The van der Waals surface area contributed by atoms with E-state index >= 15 is 0 Å². The molecule has 0 aromatic carbocycles. The summed E-state index contributed by atoms with van der Waals surface area (Å²) in [5.41, 5.74) is 2.06. The fourth-order valence-corrected chi connectivity index (χ4v) is 1.97. The Balaban J connectivity index is 2.21. The molecular formula is C11H12BrN3O2. The number of aryl methyl sites for hydroxylation is 2. The summed E-state index contributed by atoms with van der Waals surface area (Å²) in [6.07, 6.45) is 4.01. The van der Waals surface area contributed by atoms with E-state index in [1.165, 1.54) is 6.26 Å². The minimum Gasteiger partial charge on any atom is -0.457 e. The number of furan rings is 1. The predicted molar refractivity (Wildman–Crippen MR) is 66.9 cm³/mol. The van der Waals surface area contributed by atoms with Crippen molar-refractivity contribution in [1.29, 1.82) is 0 Å². The number of anilines is 1. The Bertz CT molecular complexity index is 545. The summed E-state index contributed by atoms with van der Waals surface area (Å²) in [7, 11) is 1.82. The molecule has 2 aromatic rings. The Morgan fingerprint density at radius 3 is 3.00 bits per heavy atom. The highest BCUT2D eigenvalue weighted by molar-refractivity contribution is 9.10. The number of aromatic nitrogens is 2. The first kappa shape index (κ1) is 11.9. The first-order chi connectivity index (χ1) is 8.11. The molecule has 0 unspecified atom stereocenters. The fraction of sp³-hybridized carbons (Fsp3) is 0.273. The maximum Gasteiger partial charge on any atom is 0.260 e. The summed E-state index contributed by atoms with van der Waals surface area (Å²) in [6, 6.07) is 1.61. The lowest BCUT2D eigenvalue weighted by Gasteiger charge is -2.02. The normalized spacial score (nSPS) is 10.5. The molecule has 0 saturated carbocycles. The highest BCUT2D eigenvalue weighted by Gasteiger charge is 2.15. The number of carbonyl (C=O) groups is 1. The van der Waals surface area contributed by atoms with Crippen LogP contribution < -0.4 is 5.32 Å². The Morgan fingerprint density at radius 1 is 1.65 bits per heavy atom. The standard InChI is InChI=1S/C11H12BrN3O2/c1-3-8-9(6-15(2)14-8)13-11(16)7-4-5-17-10(7)12/h4-6H,3H2,1-2H3,(H,13,16). The van der Waals surface area contributed by atoms with Gasteiger partial charge in [-0.1, -0.05) is 6.92 Å². The molecule has 2 aromatic heterocycles. The van der Waals surface area contributed by atoms with Crippen molar-refractivity contribution < 1.29 is 9.21 Å². The second kappa shape index (κ2) is 4.75. The van der Waals surface area contributed by atoms with E-state index in [1.807, 2.05) is 14.0 Å². The topological polar surface area (TPSA) is 60.1 Å². The van der Waals surface area contributed by atoms with E-state index in [2.05, 4.69) is 26.3 Å². The van der Waals surface area contributed by atoms with Crippen LogP contribution in [-0.4, -0.2) is 15.7 Å². The van der Waals surface area contributed by atoms with E-state index < -0.39 is 0 Å². The van der Waals surface area contributed by atoms with Gasteiger partial charge in [0.15, 0.2) is 4.67 Å². The lowest BCUT2D eigenvalue weighted by molar-refractivity contribution is 0.102. The third-order valence-corrected chi connectivity index (χ3v) is 2.97. The second-order valence-corrected chi connectivity index (χ2v) is 4.30. The van der Waals surface area contributed by atoms with Gasteiger partial charge in [-0.25, -0.2) is 0 Å². The van der Waals surface area contributed by atoms with Crippen molar-refractivity contribution in [1.82, 2.24) is 9.78 Å². The Morgan fingerprint density at radius 2 is 2.41 bits per heavy atom. The molecule has 0 fully saturated rings. The molecule has 2 rings (SSSR count). The van der Waals surface area contributed by atoms with E-state index in [9.17, 15) is 4.79 Å². The second-order valence-electron chi connectivity index (χ2n) is 3.58. The fourth-order valence-electron chi connectivity index (χ4n) is 1.55. The van der Waals surface area contributed by atoms with Crippen molar-refractivity contribution in [3.8, 4) is 0 Å². The summed E-state index contributed by atoms with van der Waals surface area (Å²) in [6.45, 7) is 1.99. The third kappa shape index (κ3) is 2.41. The van der Waals surface area contributed by atoms with Gasteiger partial charge in [0.25, 0.3) is 5.91 Å². The molecule has 0 atom stereocenters. The molecule has 6 heteroatoms. The summed E-state index contributed by atoms with van der Waals surface area (Å²) >= 11 is 3.17. The molecular weight excluding hydrogens is 286 g/mol. The van der Waals surface area contributed by atoms with Gasteiger partial charge in [0.1, 0.15) is 0 Å². The van der Waals surface area contributed by atoms with E-state index in [4.69, 9.17) is 4.42 Å². The Labute approximate surface area is 107 Å². The first-order valence-corrected chi connectivity index (χ1v) is 5.98. The van der Waals surface area contributed by atoms with Gasteiger partial charge < -0.3 is 9.73 Å². The zero-order valence-electron chi connectivity index (χ0n) is 9.53. The number of nitrogens with one attached hydrogen (secondary N) is 1. The van der Waals surface area contributed by atoms with Crippen molar-refractivity contribution in [2.45, 2.75) is 13.3 Å². The van der Waals surface area contributed by atoms with Crippen molar-refractivity contribution in [3.05, 3.63) is 34.5 Å². The van der Waals surface area contributed by atoms with Gasteiger partial charge >= 0.3 is 0 Å². The molecule has 17 heavy (non-hydrogen) atoms. The molecule has 0 saturated heterocycles. The van der Waals surface area contributed by atoms with Gasteiger partial charge in [-0.15, -0.1) is 0 Å². The van der Waals surface area contributed by atoms with Crippen LogP contribution in [0.5, 0.6) is 0 Å². The monoisotopic (exact) mass is 297 g/mol. The van der Waals surface area contributed by atoms with Crippen LogP contribution in [0.15, 0.2) is 27.6 Å². The highest BCUT2D eigenvalue weighted by atomic mass is 79.9. The largest absolute Gasteiger partial charge is 0.457 e. The number of amides is 1. The van der Waals surface area contributed by atoms with E-state index in [0.29, 0.717) is 10.2 Å². The minimum absolute atomic E-state index is 0.215. The van der Waals surface area contributed by atoms with Gasteiger partial charge in [-0.2, -0.15) is 5.10 Å². The number of hydrogen-bond donors (Lipinski definition) is 1. The predicted octanol–water partition coefficient (Wildman–Crippen LogP) is 2.59. The molecule has 1 N–H and O–H groups in total. The number of carbonyl (C=O) groups excluding carboxylic acids is 1. The molecule has 0 radical (unpaired) electrons. The summed E-state index contributed by atoms with van der Waals surface area (Å²) in [5.74, 6) is -0.215. The number of nitrogens with zero attached hydrogens (tertiary/aromatic N) is 2. The molecule has 5 nitrogen and oxygen atoms in total. The molecule has 0 bridgehead atoms. The smallest absolute Gasteiger partial charge is 0.260 e. The van der Waals surface area contributed by atoms with Gasteiger partial charge in [-0.05, 0) is 28.4 Å². The van der Waals surface area contributed by atoms with Crippen LogP contribution in [0.1, 0.15) is 23.0 Å². The summed E-state index contributed by atoms with van der Waals surface area (Å²) in [5, 5.41) is 7.07. The van der Waals surface area contributed by atoms with Crippen LogP contribution in [0.4, 0.5) is 5.69 Å². The van der Waals surface area contributed by atoms with Crippen molar-refractivity contribution in [2.24, 2.45) is 7.05 Å². The highest BCUT2D eigenvalue weighted by Crippen LogP contribution is 2.20. The number of halogens is 1. The van der Waals surface area contributed by atoms with E-state index in [1.54, 1.807) is 16.9 Å². The van der Waals surface area contributed by atoms with Crippen LogP contribution in [0.3, 0.4) is 0 Å². The Kier molecular flexibility index (Phi) is 3.33. The third-order valence-electron chi connectivity index (χ3n) is 2.35. The maximum atomic E-state index is 11.9. The van der Waals surface area contributed by atoms with E-state index in [0.717, 1.165) is 17.8 Å². The summed E-state index contributed by atoms with van der Waals surface area (Å²) < 4.78 is 7.13. The van der Waals surface area contributed by atoms with Crippen LogP contribution in [0.25, 0.3) is 0 Å². The van der Waals surface area contributed by atoms with Crippen LogP contribution >= 0.6 is 15.9 Å². The van der Waals surface area contributed by atoms with Crippen LogP contribution in [0.2, 0.25) is 0 Å². The lowest BCUT2D eigenvalue weighted by Crippen LogP contribution is -2.12. The molecule has 90 valence electrons. The zero-order valence-corrected chi connectivity index (χ0v) is 11.1. The number of hydrogen-bond acceptors (Lipinski definition) is 3. The minimum atomic E-state index is -0.215. The van der Waals surface area contributed by atoms with Gasteiger partial charge in [0, 0.05) is 13.2 Å². The van der Waals surface area contributed by atoms with Crippen molar-refractivity contribution >= 4 is 27.5 Å². The van der Waals surface area contributed by atoms with Crippen LogP contribution in [-0.2, 0) is 13.5 Å². The average molecular weight is 298 g/mol. The summed E-state index contributed by atoms with van der Waals surface area (Å²) in [4.78, 5) is 11.9.